The van der Waals surface area contributed by atoms with Gasteiger partial charge in [0.1, 0.15) is 5.82 Å². The lowest BCUT2D eigenvalue weighted by molar-refractivity contribution is 0.0587. The molecular formula is C12H17N3O3. The number of nitrogens with zero attached hydrogens (tertiary/aromatic N) is 2. The van der Waals surface area contributed by atoms with Crippen LogP contribution in [0.4, 0.5) is 5.82 Å². The lowest BCUT2D eigenvalue weighted by Gasteiger charge is -2.26. The second-order valence-electron chi connectivity index (χ2n) is 4.41. The van der Waals surface area contributed by atoms with Crippen molar-refractivity contribution in [2.75, 3.05) is 12.4 Å². The first-order valence-corrected chi connectivity index (χ1v) is 6.05. The number of nitrogens with one attached hydrogen (secondary N) is 1. The number of carbonyl (C=O) groups is 1. The van der Waals surface area contributed by atoms with Crippen LogP contribution in [0.2, 0.25) is 0 Å². The van der Waals surface area contributed by atoms with Crippen LogP contribution in [0, 0.1) is 0 Å². The van der Waals surface area contributed by atoms with Gasteiger partial charge in [-0.25, -0.2) is 14.8 Å². The number of hydrogen-bond donors (Lipinski definition) is 2. The number of carbonyl (C=O) groups excluding carboxylic acids is 1. The number of esters is 1. The van der Waals surface area contributed by atoms with Crippen molar-refractivity contribution in [3.63, 3.8) is 0 Å². The highest BCUT2D eigenvalue weighted by molar-refractivity contribution is 5.85. The third kappa shape index (κ3) is 3.16. The van der Waals surface area contributed by atoms with E-state index in [2.05, 4.69) is 20.0 Å². The van der Waals surface area contributed by atoms with Crippen LogP contribution in [0.1, 0.15) is 36.3 Å². The Labute approximate surface area is 105 Å². The molecule has 1 aliphatic rings. The third-order valence-electron chi connectivity index (χ3n) is 3.07. The maximum Gasteiger partial charge on any atom is 0.376 e. The van der Waals surface area contributed by atoms with Crippen LogP contribution in [0.15, 0.2) is 12.3 Å². The molecule has 1 heterocycles. The fourth-order valence-electron chi connectivity index (χ4n) is 2.06. The summed E-state index contributed by atoms with van der Waals surface area (Å²) < 4.78 is 4.57. The molecule has 2 N–H and O–H groups in total. The summed E-state index contributed by atoms with van der Waals surface area (Å²) in [4.78, 5) is 19.2. The minimum absolute atomic E-state index is 0.0540. The Morgan fingerprint density at radius 2 is 2.17 bits per heavy atom. The molecule has 0 aromatic carbocycles. The summed E-state index contributed by atoms with van der Waals surface area (Å²) in [6.07, 6.45) is 4.75. The first kappa shape index (κ1) is 12.8. The van der Waals surface area contributed by atoms with Crippen LogP contribution in [0.5, 0.6) is 0 Å². The van der Waals surface area contributed by atoms with Gasteiger partial charge in [0.05, 0.1) is 13.2 Å². The van der Waals surface area contributed by atoms with E-state index in [1.165, 1.54) is 13.3 Å². The zero-order valence-electron chi connectivity index (χ0n) is 10.3. The lowest BCUT2D eigenvalue weighted by atomic mass is 9.93. The minimum Gasteiger partial charge on any atom is -0.463 e. The molecule has 0 spiro atoms. The average Bonchev–Trinajstić information content (AvgIpc) is 2.41. The molecule has 0 atom stereocenters. The van der Waals surface area contributed by atoms with Crippen molar-refractivity contribution >= 4 is 11.8 Å². The molecule has 0 unspecified atom stereocenters. The monoisotopic (exact) mass is 251 g/mol. The number of anilines is 1. The van der Waals surface area contributed by atoms with Gasteiger partial charge in [0.25, 0.3) is 0 Å². The van der Waals surface area contributed by atoms with Crippen molar-refractivity contribution in [3.8, 4) is 0 Å². The van der Waals surface area contributed by atoms with E-state index in [0.29, 0.717) is 5.82 Å². The first-order valence-electron chi connectivity index (χ1n) is 6.05. The Kier molecular flexibility index (Phi) is 4.09. The quantitative estimate of drug-likeness (QED) is 0.779. The molecule has 1 aromatic heterocycles. The van der Waals surface area contributed by atoms with Gasteiger partial charge in [0, 0.05) is 12.2 Å². The summed E-state index contributed by atoms with van der Waals surface area (Å²) in [6.45, 7) is 0. The number of hydrogen-bond acceptors (Lipinski definition) is 6. The second-order valence-corrected chi connectivity index (χ2v) is 4.41. The third-order valence-corrected chi connectivity index (χ3v) is 3.07. The normalized spacial score (nSPS) is 23.4. The summed E-state index contributed by atoms with van der Waals surface area (Å²) in [7, 11) is 1.30. The number of aliphatic hydroxyl groups excluding tert-OH is 1. The maximum atomic E-state index is 11.3. The molecule has 0 saturated heterocycles. The molecule has 98 valence electrons. The molecule has 0 amide bonds. The van der Waals surface area contributed by atoms with Gasteiger partial charge in [-0.3, -0.25) is 0 Å². The Bertz CT molecular complexity index is 417. The number of rotatable bonds is 3. The van der Waals surface area contributed by atoms with Gasteiger partial charge < -0.3 is 15.2 Å². The highest BCUT2D eigenvalue weighted by atomic mass is 16.5. The molecule has 1 fully saturated rings. The lowest BCUT2D eigenvalue weighted by Crippen LogP contribution is -2.28. The largest absolute Gasteiger partial charge is 0.463 e. The van der Waals surface area contributed by atoms with Gasteiger partial charge in [-0.05, 0) is 31.7 Å². The number of ether oxygens (including phenoxy) is 1. The smallest absolute Gasteiger partial charge is 0.376 e. The van der Waals surface area contributed by atoms with E-state index in [4.69, 9.17) is 0 Å². The summed E-state index contributed by atoms with van der Waals surface area (Å²) >= 11 is 0. The first-order chi connectivity index (χ1) is 8.69. The van der Waals surface area contributed by atoms with E-state index < -0.39 is 5.97 Å². The molecule has 0 bridgehead atoms. The molecule has 1 saturated carbocycles. The van der Waals surface area contributed by atoms with Gasteiger partial charge in [-0.15, -0.1) is 0 Å². The molecule has 6 heteroatoms. The van der Waals surface area contributed by atoms with Gasteiger partial charge in [-0.1, -0.05) is 0 Å². The zero-order valence-corrected chi connectivity index (χ0v) is 10.3. The van der Waals surface area contributed by atoms with Crippen molar-refractivity contribution in [1.29, 1.82) is 0 Å². The van der Waals surface area contributed by atoms with Crippen LogP contribution < -0.4 is 5.32 Å². The van der Waals surface area contributed by atoms with Crippen LogP contribution in [0.3, 0.4) is 0 Å². The Balaban J connectivity index is 1.99. The van der Waals surface area contributed by atoms with E-state index >= 15 is 0 Å². The minimum atomic E-state index is -0.544. The predicted octanol–water partition coefficient (Wildman–Crippen LogP) is 0.979. The molecule has 18 heavy (non-hydrogen) atoms. The van der Waals surface area contributed by atoms with E-state index in [1.54, 1.807) is 6.07 Å². The average molecular weight is 251 g/mol. The SMILES string of the molecule is COC(=O)c1nccc(NC2CCC(O)CC2)n1. The Morgan fingerprint density at radius 1 is 1.44 bits per heavy atom. The van der Waals surface area contributed by atoms with Crippen LogP contribution in [-0.2, 0) is 4.74 Å². The van der Waals surface area contributed by atoms with Crippen molar-refractivity contribution in [1.82, 2.24) is 9.97 Å². The standard InChI is InChI=1S/C12H17N3O3/c1-18-12(17)11-13-7-6-10(15-11)14-8-2-4-9(16)5-3-8/h6-9,16H,2-5H2,1H3,(H,13,14,15). The highest BCUT2D eigenvalue weighted by Gasteiger charge is 2.19. The highest BCUT2D eigenvalue weighted by Crippen LogP contribution is 2.21. The zero-order chi connectivity index (χ0) is 13.0. The second kappa shape index (κ2) is 5.77. The van der Waals surface area contributed by atoms with Crippen LogP contribution in [-0.4, -0.2) is 40.3 Å². The fourth-order valence-corrected chi connectivity index (χ4v) is 2.06. The molecule has 1 aliphatic carbocycles. The van der Waals surface area contributed by atoms with E-state index in [-0.39, 0.29) is 18.0 Å². The molecule has 1 aromatic rings. The molecule has 0 radical (unpaired) electrons. The van der Waals surface area contributed by atoms with Gasteiger partial charge in [-0.2, -0.15) is 0 Å². The van der Waals surface area contributed by atoms with Crippen molar-refractivity contribution in [2.24, 2.45) is 0 Å². The molecular weight excluding hydrogens is 234 g/mol. The molecule has 2 rings (SSSR count). The van der Waals surface area contributed by atoms with Gasteiger partial charge >= 0.3 is 5.97 Å². The summed E-state index contributed by atoms with van der Waals surface area (Å²) in [5, 5.41) is 12.7. The fraction of sp³-hybridized carbons (Fsp3) is 0.583. The van der Waals surface area contributed by atoms with Crippen molar-refractivity contribution < 1.29 is 14.6 Å². The van der Waals surface area contributed by atoms with E-state index in [9.17, 15) is 9.90 Å². The van der Waals surface area contributed by atoms with Gasteiger partial charge in [0.2, 0.25) is 5.82 Å². The summed E-state index contributed by atoms with van der Waals surface area (Å²) in [6, 6.07) is 2.01. The Hall–Kier alpha value is -1.69. The van der Waals surface area contributed by atoms with Crippen LogP contribution in [0.25, 0.3) is 0 Å². The van der Waals surface area contributed by atoms with Crippen molar-refractivity contribution in [3.05, 3.63) is 18.1 Å². The topological polar surface area (TPSA) is 84.3 Å². The van der Waals surface area contributed by atoms with E-state index in [1.807, 2.05) is 0 Å². The van der Waals surface area contributed by atoms with E-state index in [0.717, 1.165) is 25.7 Å². The molecule has 6 nitrogen and oxygen atoms in total. The van der Waals surface area contributed by atoms with Crippen molar-refractivity contribution in [2.45, 2.75) is 37.8 Å². The number of aromatic nitrogens is 2. The number of aliphatic hydroxyl groups is 1. The summed E-state index contributed by atoms with van der Waals surface area (Å²) in [5.41, 5.74) is 0. The van der Waals surface area contributed by atoms with Crippen LogP contribution >= 0.6 is 0 Å². The molecule has 0 aliphatic heterocycles. The predicted molar refractivity (Wildman–Crippen MR) is 65.3 cm³/mol. The maximum absolute atomic E-state index is 11.3. The number of methoxy groups -OCH3 is 1. The van der Waals surface area contributed by atoms with Gasteiger partial charge in [0.15, 0.2) is 0 Å². The Morgan fingerprint density at radius 3 is 2.83 bits per heavy atom. The summed E-state index contributed by atoms with van der Waals surface area (Å²) in [5.74, 6) is 0.128.